The van der Waals surface area contributed by atoms with Crippen molar-refractivity contribution in [1.82, 2.24) is 9.88 Å². The largest absolute Gasteiger partial charge is 0.295 e. The Morgan fingerprint density at radius 1 is 1.44 bits per heavy atom. The van der Waals surface area contributed by atoms with Crippen LogP contribution in [0.1, 0.15) is 38.8 Å². The zero-order valence-electron chi connectivity index (χ0n) is 10.4. The number of hydrogen-bond acceptors (Lipinski definition) is 2. The molecule has 1 aliphatic rings. The molecule has 1 aromatic heterocycles. The van der Waals surface area contributed by atoms with Gasteiger partial charge in [0.15, 0.2) is 0 Å². The molecule has 0 N–H and O–H groups in total. The second-order valence-electron chi connectivity index (χ2n) is 5.22. The van der Waals surface area contributed by atoms with Gasteiger partial charge in [-0.05, 0) is 43.9 Å². The van der Waals surface area contributed by atoms with Crippen LogP contribution in [-0.2, 0) is 6.54 Å². The van der Waals surface area contributed by atoms with Gasteiger partial charge in [0.05, 0.1) is 5.69 Å². The van der Waals surface area contributed by atoms with E-state index < -0.39 is 0 Å². The molecule has 2 heterocycles. The van der Waals surface area contributed by atoms with Crippen molar-refractivity contribution >= 4 is 0 Å². The van der Waals surface area contributed by atoms with Gasteiger partial charge < -0.3 is 0 Å². The summed E-state index contributed by atoms with van der Waals surface area (Å²) in [6, 6.07) is 6.97. The molecule has 0 unspecified atom stereocenters. The Morgan fingerprint density at radius 2 is 2.31 bits per heavy atom. The molecule has 16 heavy (non-hydrogen) atoms. The van der Waals surface area contributed by atoms with Crippen molar-refractivity contribution < 1.29 is 0 Å². The van der Waals surface area contributed by atoms with Crippen molar-refractivity contribution in [2.75, 3.05) is 6.54 Å². The second-order valence-corrected chi connectivity index (χ2v) is 5.22. The lowest BCUT2D eigenvalue weighted by Gasteiger charge is -2.25. The Bertz CT molecular complexity index is 308. The first-order chi connectivity index (χ1) is 7.75. The van der Waals surface area contributed by atoms with E-state index >= 15 is 0 Å². The van der Waals surface area contributed by atoms with E-state index in [0.717, 1.165) is 18.5 Å². The highest BCUT2D eigenvalue weighted by molar-refractivity contribution is 5.04. The maximum absolute atomic E-state index is 4.41. The summed E-state index contributed by atoms with van der Waals surface area (Å²) >= 11 is 0. The van der Waals surface area contributed by atoms with Gasteiger partial charge in [-0.15, -0.1) is 0 Å². The highest BCUT2D eigenvalue weighted by Crippen LogP contribution is 2.24. The summed E-state index contributed by atoms with van der Waals surface area (Å²) in [6.45, 7) is 6.90. The maximum Gasteiger partial charge on any atom is 0.0544 e. The maximum atomic E-state index is 4.41. The fourth-order valence-electron chi connectivity index (χ4n) is 2.61. The summed E-state index contributed by atoms with van der Waals surface area (Å²) < 4.78 is 0. The Balaban J connectivity index is 1.93. The topological polar surface area (TPSA) is 16.1 Å². The van der Waals surface area contributed by atoms with Gasteiger partial charge in [0.1, 0.15) is 0 Å². The van der Waals surface area contributed by atoms with E-state index in [4.69, 9.17) is 0 Å². The van der Waals surface area contributed by atoms with Crippen LogP contribution in [0, 0.1) is 5.92 Å². The Labute approximate surface area is 98.7 Å². The van der Waals surface area contributed by atoms with Crippen LogP contribution in [-0.4, -0.2) is 22.5 Å². The number of nitrogens with zero attached hydrogens (tertiary/aromatic N) is 2. The zero-order chi connectivity index (χ0) is 11.4. The van der Waals surface area contributed by atoms with Crippen LogP contribution in [0.2, 0.25) is 0 Å². The van der Waals surface area contributed by atoms with Crippen molar-refractivity contribution in [3.8, 4) is 0 Å². The summed E-state index contributed by atoms with van der Waals surface area (Å²) in [5.41, 5.74) is 1.21. The summed E-state index contributed by atoms with van der Waals surface area (Å²) in [6.07, 6.45) is 5.94. The average Bonchev–Trinajstić information content (AvgIpc) is 2.66. The van der Waals surface area contributed by atoms with Crippen LogP contribution >= 0.6 is 0 Å². The van der Waals surface area contributed by atoms with Gasteiger partial charge in [-0.2, -0.15) is 0 Å². The molecule has 0 bridgehead atoms. The molecule has 0 saturated carbocycles. The van der Waals surface area contributed by atoms with Crippen molar-refractivity contribution in [2.45, 2.75) is 45.7 Å². The van der Waals surface area contributed by atoms with E-state index in [0.29, 0.717) is 0 Å². The van der Waals surface area contributed by atoms with Gasteiger partial charge in [-0.1, -0.05) is 19.9 Å². The van der Waals surface area contributed by atoms with E-state index in [-0.39, 0.29) is 0 Å². The Hall–Kier alpha value is -0.890. The lowest BCUT2D eigenvalue weighted by molar-refractivity contribution is 0.216. The summed E-state index contributed by atoms with van der Waals surface area (Å²) in [7, 11) is 0. The molecule has 2 rings (SSSR count). The minimum Gasteiger partial charge on any atom is -0.295 e. The molecule has 2 nitrogen and oxygen atoms in total. The molecule has 0 aliphatic carbocycles. The monoisotopic (exact) mass is 218 g/mol. The highest BCUT2D eigenvalue weighted by atomic mass is 15.2. The van der Waals surface area contributed by atoms with Crippen molar-refractivity contribution in [2.24, 2.45) is 5.92 Å². The number of likely N-dealkylation sites (tertiary alicyclic amines) is 1. The van der Waals surface area contributed by atoms with Crippen LogP contribution in [0.4, 0.5) is 0 Å². The molecule has 0 amide bonds. The van der Waals surface area contributed by atoms with Gasteiger partial charge in [-0.3, -0.25) is 9.88 Å². The van der Waals surface area contributed by atoms with Gasteiger partial charge in [-0.25, -0.2) is 0 Å². The SMILES string of the molecule is CC(C)C[C@@H]1CCCN1Cc1ccccn1. The molecule has 0 aromatic carbocycles. The van der Waals surface area contributed by atoms with Crippen LogP contribution in [0.5, 0.6) is 0 Å². The summed E-state index contributed by atoms with van der Waals surface area (Å²) in [5, 5.41) is 0. The minimum atomic E-state index is 0.780. The first-order valence-corrected chi connectivity index (χ1v) is 6.39. The Kier molecular flexibility index (Phi) is 3.94. The molecule has 88 valence electrons. The van der Waals surface area contributed by atoms with Gasteiger partial charge >= 0.3 is 0 Å². The zero-order valence-corrected chi connectivity index (χ0v) is 10.4. The third kappa shape index (κ3) is 3.05. The van der Waals surface area contributed by atoms with Crippen LogP contribution in [0.3, 0.4) is 0 Å². The second kappa shape index (κ2) is 5.44. The first-order valence-electron chi connectivity index (χ1n) is 6.39. The van der Waals surface area contributed by atoms with Gasteiger partial charge in [0.2, 0.25) is 0 Å². The third-order valence-corrected chi connectivity index (χ3v) is 3.33. The molecule has 1 fully saturated rings. The van der Waals surface area contributed by atoms with Crippen LogP contribution in [0.25, 0.3) is 0 Å². The summed E-state index contributed by atoms with van der Waals surface area (Å²) in [4.78, 5) is 7.01. The highest BCUT2D eigenvalue weighted by Gasteiger charge is 2.25. The summed E-state index contributed by atoms with van der Waals surface area (Å²) in [5.74, 6) is 0.800. The van der Waals surface area contributed by atoms with Crippen LogP contribution < -0.4 is 0 Å². The molecule has 1 saturated heterocycles. The lowest BCUT2D eigenvalue weighted by atomic mass is 10.0. The van der Waals surface area contributed by atoms with E-state index in [1.54, 1.807) is 0 Å². The quantitative estimate of drug-likeness (QED) is 0.772. The molecule has 0 radical (unpaired) electrons. The van der Waals surface area contributed by atoms with E-state index in [2.05, 4.69) is 35.9 Å². The Morgan fingerprint density at radius 3 is 3.00 bits per heavy atom. The van der Waals surface area contributed by atoms with Crippen molar-refractivity contribution in [1.29, 1.82) is 0 Å². The number of hydrogen-bond donors (Lipinski definition) is 0. The van der Waals surface area contributed by atoms with Crippen molar-refractivity contribution in [3.63, 3.8) is 0 Å². The van der Waals surface area contributed by atoms with Crippen LogP contribution in [0.15, 0.2) is 24.4 Å². The number of pyridine rings is 1. The molecule has 1 atom stereocenters. The fourth-order valence-corrected chi connectivity index (χ4v) is 2.61. The number of rotatable bonds is 4. The molecule has 1 aromatic rings. The third-order valence-electron chi connectivity index (χ3n) is 3.33. The molecular weight excluding hydrogens is 196 g/mol. The standard InChI is InChI=1S/C14H22N2/c1-12(2)10-14-7-5-9-16(14)11-13-6-3-4-8-15-13/h3-4,6,8,12,14H,5,7,9-11H2,1-2H3/t14-/m0/s1. The minimum absolute atomic E-state index is 0.780. The van der Waals surface area contributed by atoms with Gasteiger partial charge in [0, 0.05) is 18.8 Å². The van der Waals surface area contributed by atoms with E-state index in [1.165, 1.54) is 31.5 Å². The van der Waals surface area contributed by atoms with Gasteiger partial charge in [0.25, 0.3) is 0 Å². The van der Waals surface area contributed by atoms with E-state index in [9.17, 15) is 0 Å². The molecule has 1 aliphatic heterocycles. The lowest BCUT2D eigenvalue weighted by Crippen LogP contribution is -2.30. The van der Waals surface area contributed by atoms with Crippen molar-refractivity contribution in [3.05, 3.63) is 30.1 Å². The fraction of sp³-hybridized carbons (Fsp3) is 0.643. The number of aromatic nitrogens is 1. The average molecular weight is 218 g/mol. The van der Waals surface area contributed by atoms with E-state index in [1.807, 2.05) is 12.3 Å². The predicted molar refractivity (Wildman–Crippen MR) is 67.1 cm³/mol. The molecule has 0 spiro atoms. The first kappa shape index (κ1) is 11.6. The normalized spacial score (nSPS) is 21.8. The molecular formula is C14H22N2. The molecule has 2 heteroatoms. The predicted octanol–water partition coefficient (Wildman–Crippen LogP) is 3.09. The smallest absolute Gasteiger partial charge is 0.0544 e.